The van der Waals surface area contributed by atoms with Gasteiger partial charge in [-0.25, -0.2) is 0 Å². The van der Waals surface area contributed by atoms with E-state index in [0.717, 1.165) is 11.3 Å². The molecule has 6 nitrogen and oxygen atoms in total. The maximum Gasteiger partial charge on any atom is 0.273 e. The van der Waals surface area contributed by atoms with Crippen LogP contribution in [0.15, 0.2) is 53.3 Å². The number of amides is 1. The van der Waals surface area contributed by atoms with Crippen LogP contribution in [0.2, 0.25) is 0 Å². The second-order valence-electron chi connectivity index (χ2n) is 4.77. The van der Waals surface area contributed by atoms with Crippen molar-refractivity contribution in [1.29, 1.82) is 0 Å². The Hall–Kier alpha value is -3.02. The summed E-state index contributed by atoms with van der Waals surface area (Å²) in [6.07, 6.45) is 3.29. The number of nitrogens with one attached hydrogen (secondary N) is 1. The van der Waals surface area contributed by atoms with Gasteiger partial charge in [-0.2, -0.15) is 0 Å². The fourth-order valence-corrected chi connectivity index (χ4v) is 1.89. The van der Waals surface area contributed by atoms with Crippen molar-refractivity contribution < 1.29 is 9.32 Å². The Morgan fingerprint density at radius 2 is 2.00 bits per heavy atom. The van der Waals surface area contributed by atoms with Crippen molar-refractivity contribution in [3.63, 3.8) is 0 Å². The summed E-state index contributed by atoms with van der Waals surface area (Å²) in [6.45, 7) is 2.15. The summed E-state index contributed by atoms with van der Waals surface area (Å²) in [5, 5.41) is 6.53. The summed E-state index contributed by atoms with van der Waals surface area (Å²) < 4.78 is 5.20. The van der Waals surface area contributed by atoms with Gasteiger partial charge >= 0.3 is 0 Å². The van der Waals surface area contributed by atoms with E-state index < -0.39 is 0 Å². The van der Waals surface area contributed by atoms with Crippen molar-refractivity contribution in [3.05, 3.63) is 65.9 Å². The largest absolute Gasteiger partial charge is 0.355 e. The molecule has 0 saturated carbocycles. The van der Waals surface area contributed by atoms with Gasteiger partial charge in [-0.3, -0.25) is 14.8 Å². The number of rotatable bonds is 4. The fraction of sp³-hybridized carbons (Fsp3) is 0.125. The minimum absolute atomic E-state index is 0.235. The highest BCUT2D eigenvalue weighted by atomic mass is 16.5. The summed E-state index contributed by atoms with van der Waals surface area (Å²) in [6, 6.07) is 11.1. The second kappa shape index (κ2) is 6.17. The molecule has 0 atom stereocenters. The Morgan fingerprint density at radius 1 is 1.18 bits per heavy atom. The average molecular weight is 294 g/mol. The molecule has 0 aliphatic carbocycles. The molecular formula is C16H14N4O2. The number of carbonyl (C=O) groups is 1. The highest BCUT2D eigenvalue weighted by molar-refractivity contribution is 5.92. The first kappa shape index (κ1) is 13.9. The Bertz CT molecular complexity index is 766. The highest BCUT2D eigenvalue weighted by Gasteiger charge is 2.13. The van der Waals surface area contributed by atoms with E-state index in [-0.39, 0.29) is 11.6 Å². The second-order valence-corrected chi connectivity index (χ2v) is 4.77. The minimum atomic E-state index is -0.312. The molecule has 2 aromatic heterocycles. The number of carbonyl (C=O) groups excluding carboxylic acids is 1. The quantitative estimate of drug-likeness (QED) is 0.799. The van der Waals surface area contributed by atoms with Crippen LogP contribution in [0.5, 0.6) is 0 Å². The molecule has 3 aromatic rings. The monoisotopic (exact) mass is 294 g/mol. The van der Waals surface area contributed by atoms with Gasteiger partial charge in [0.2, 0.25) is 0 Å². The van der Waals surface area contributed by atoms with E-state index in [1.807, 2.05) is 37.3 Å². The fourth-order valence-electron chi connectivity index (χ4n) is 1.89. The minimum Gasteiger partial charge on any atom is -0.355 e. The molecular weight excluding hydrogens is 280 g/mol. The summed E-state index contributed by atoms with van der Waals surface area (Å²) in [7, 11) is 0. The van der Waals surface area contributed by atoms with E-state index in [0.29, 0.717) is 18.0 Å². The third kappa shape index (κ3) is 3.17. The Labute approximate surface area is 127 Å². The zero-order valence-electron chi connectivity index (χ0n) is 12.0. The molecule has 0 aliphatic rings. The summed E-state index contributed by atoms with van der Waals surface area (Å²) in [4.78, 5) is 20.3. The molecule has 1 N–H and O–H groups in total. The maximum atomic E-state index is 12.0. The molecule has 110 valence electrons. The van der Waals surface area contributed by atoms with E-state index in [2.05, 4.69) is 20.4 Å². The van der Waals surface area contributed by atoms with E-state index in [4.69, 9.17) is 4.52 Å². The molecule has 3 rings (SSSR count). The topological polar surface area (TPSA) is 80.9 Å². The predicted octanol–water partition coefficient (Wildman–Crippen LogP) is 2.37. The van der Waals surface area contributed by atoms with Crippen LogP contribution in [0.1, 0.15) is 21.9 Å². The van der Waals surface area contributed by atoms with Crippen LogP contribution in [-0.4, -0.2) is 21.0 Å². The Morgan fingerprint density at radius 3 is 2.73 bits per heavy atom. The SMILES string of the molecule is Cc1cnc(CNC(=O)c2cc(-c3ccccc3)on2)cn1. The predicted molar refractivity (Wildman–Crippen MR) is 79.9 cm³/mol. The highest BCUT2D eigenvalue weighted by Crippen LogP contribution is 2.19. The number of aromatic nitrogens is 3. The first-order valence-corrected chi connectivity index (χ1v) is 6.80. The normalized spacial score (nSPS) is 10.4. The number of hydrogen-bond donors (Lipinski definition) is 1. The van der Waals surface area contributed by atoms with Crippen LogP contribution >= 0.6 is 0 Å². The van der Waals surface area contributed by atoms with Crippen LogP contribution < -0.4 is 5.32 Å². The summed E-state index contributed by atoms with van der Waals surface area (Å²) in [5.41, 5.74) is 2.63. The molecule has 1 aromatic carbocycles. The van der Waals surface area contributed by atoms with Crippen LogP contribution in [0, 0.1) is 6.92 Å². The number of hydrogen-bond acceptors (Lipinski definition) is 5. The van der Waals surface area contributed by atoms with E-state index >= 15 is 0 Å². The van der Waals surface area contributed by atoms with Crippen molar-refractivity contribution in [2.45, 2.75) is 13.5 Å². The molecule has 0 saturated heterocycles. The van der Waals surface area contributed by atoms with Crippen LogP contribution in [0.3, 0.4) is 0 Å². The first-order valence-electron chi connectivity index (χ1n) is 6.80. The molecule has 0 radical (unpaired) electrons. The number of nitrogens with zero attached hydrogens (tertiary/aromatic N) is 3. The lowest BCUT2D eigenvalue weighted by Crippen LogP contribution is -2.23. The summed E-state index contributed by atoms with van der Waals surface area (Å²) >= 11 is 0. The molecule has 1 amide bonds. The van der Waals surface area contributed by atoms with Gasteiger partial charge in [0.15, 0.2) is 11.5 Å². The lowest BCUT2D eigenvalue weighted by molar-refractivity contribution is 0.0941. The van der Waals surface area contributed by atoms with Gasteiger partial charge in [0, 0.05) is 17.8 Å². The van der Waals surface area contributed by atoms with Gasteiger partial charge in [-0.15, -0.1) is 0 Å². The van der Waals surface area contributed by atoms with Crippen molar-refractivity contribution >= 4 is 5.91 Å². The molecule has 0 unspecified atom stereocenters. The van der Waals surface area contributed by atoms with E-state index in [1.165, 1.54) is 0 Å². The van der Waals surface area contributed by atoms with Gasteiger partial charge in [0.1, 0.15) is 0 Å². The van der Waals surface area contributed by atoms with Crippen LogP contribution in [-0.2, 0) is 6.54 Å². The third-order valence-corrected chi connectivity index (χ3v) is 3.07. The summed E-state index contributed by atoms with van der Waals surface area (Å²) in [5.74, 6) is 0.245. The van der Waals surface area contributed by atoms with Crippen molar-refractivity contribution in [2.75, 3.05) is 0 Å². The molecule has 0 aliphatic heterocycles. The molecule has 2 heterocycles. The van der Waals surface area contributed by atoms with Crippen molar-refractivity contribution in [2.24, 2.45) is 0 Å². The van der Waals surface area contributed by atoms with Gasteiger partial charge < -0.3 is 9.84 Å². The molecule has 0 fully saturated rings. The lowest BCUT2D eigenvalue weighted by atomic mass is 10.1. The zero-order valence-corrected chi connectivity index (χ0v) is 12.0. The average Bonchev–Trinajstić information content (AvgIpc) is 3.05. The van der Waals surface area contributed by atoms with Gasteiger partial charge in [0.05, 0.1) is 24.1 Å². The van der Waals surface area contributed by atoms with E-state index in [1.54, 1.807) is 18.5 Å². The Kier molecular flexibility index (Phi) is 3.91. The maximum absolute atomic E-state index is 12.0. The molecule has 0 bridgehead atoms. The van der Waals surface area contributed by atoms with Gasteiger partial charge in [-0.05, 0) is 6.92 Å². The Balaban J connectivity index is 1.66. The molecule has 6 heteroatoms. The lowest BCUT2D eigenvalue weighted by Gasteiger charge is -2.01. The van der Waals surface area contributed by atoms with E-state index in [9.17, 15) is 4.79 Å². The smallest absolute Gasteiger partial charge is 0.273 e. The van der Waals surface area contributed by atoms with Crippen molar-refractivity contribution in [3.8, 4) is 11.3 Å². The third-order valence-electron chi connectivity index (χ3n) is 3.07. The van der Waals surface area contributed by atoms with Crippen LogP contribution in [0.4, 0.5) is 0 Å². The standard InChI is InChI=1S/C16H14N4O2/c1-11-8-18-13(9-17-11)10-19-16(21)14-7-15(22-20-14)12-5-3-2-4-6-12/h2-9H,10H2,1H3,(H,19,21). The van der Waals surface area contributed by atoms with Gasteiger partial charge in [-0.1, -0.05) is 35.5 Å². The van der Waals surface area contributed by atoms with Crippen molar-refractivity contribution in [1.82, 2.24) is 20.4 Å². The molecule has 0 spiro atoms. The van der Waals surface area contributed by atoms with Gasteiger partial charge in [0.25, 0.3) is 5.91 Å². The zero-order chi connectivity index (χ0) is 15.4. The number of aryl methyl sites for hydroxylation is 1. The number of benzene rings is 1. The van der Waals surface area contributed by atoms with Crippen LogP contribution in [0.25, 0.3) is 11.3 Å². The first-order chi connectivity index (χ1) is 10.7. The molecule has 22 heavy (non-hydrogen) atoms.